The van der Waals surface area contributed by atoms with Gasteiger partial charge in [-0.3, -0.25) is 4.79 Å². The summed E-state index contributed by atoms with van der Waals surface area (Å²) >= 11 is 11.5. The number of halogens is 2. The van der Waals surface area contributed by atoms with Crippen LogP contribution in [0.2, 0.25) is 10.3 Å². The second-order valence-corrected chi connectivity index (χ2v) is 5.17. The number of carbonyl (C=O) groups is 1. The Labute approximate surface area is 110 Å². The van der Waals surface area contributed by atoms with E-state index >= 15 is 0 Å². The van der Waals surface area contributed by atoms with Crippen LogP contribution in [0.15, 0.2) is 6.07 Å². The van der Waals surface area contributed by atoms with E-state index in [1.807, 2.05) is 6.92 Å². The van der Waals surface area contributed by atoms with Crippen LogP contribution in [0.4, 0.5) is 0 Å². The van der Waals surface area contributed by atoms with Gasteiger partial charge in [0, 0.05) is 6.04 Å². The first-order valence-corrected chi connectivity index (χ1v) is 6.31. The summed E-state index contributed by atoms with van der Waals surface area (Å²) in [6.07, 6.45) is 3.54. The fourth-order valence-electron chi connectivity index (χ4n) is 1.73. The summed E-state index contributed by atoms with van der Waals surface area (Å²) in [4.78, 5) is 11.9. The molecule has 1 unspecified atom stereocenters. The van der Waals surface area contributed by atoms with Gasteiger partial charge in [0.05, 0.1) is 5.56 Å². The lowest BCUT2D eigenvalue weighted by Crippen LogP contribution is -2.33. The van der Waals surface area contributed by atoms with Crippen LogP contribution in [0, 0.1) is 5.92 Å². The van der Waals surface area contributed by atoms with Crippen molar-refractivity contribution in [1.29, 1.82) is 0 Å². The third-order valence-electron chi connectivity index (χ3n) is 2.72. The van der Waals surface area contributed by atoms with Crippen LogP contribution in [0.25, 0.3) is 0 Å². The molecular weight excluding hydrogens is 261 g/mol. The smallest absolute Gasteiger partial charge is 0.254 e. The quantitative estimate of drug-likeness (QED) is 0.918. The molecule has 0 aliphatic heterocycles. The number of hydrogen-bond acceptors (Lipinski definition) is 3. The highest BCUT2D eigenvalue weighted by Gasteiger charge is 2.25. The largest absolute Gasteiger partial charge is 0.349 e. The number of nitrogens with zero attached hydrogens (tertiary/aromatic N) is 2. The molecule has 92 valence electrons. The number of rotatable bonds is 4. The molecule has 1 amide bonds. The first kappa shape index (κ1) is 12.6. The average Bonchev–Trinajstić information content (AvgIpc) is 3.05. The molecule has 0 saturated heterocycles. The number of carbonyl (C=O) groups excluding carboxylic acids is 1. The SMILES string of the molecule is CC(CC1CC1)NC(=O)c1cc(Cl)nnc1Cl. The van der Waals surface area contributed by atoms with Crippen LogP contribution in [-0.2, 0) is 0 Å². The Morgan fingerprint density at radius 3 is 2.88 bits per heavy atom. The lowest BCUT2D eigenvalue weighted by Gasteiger charge is -2.13. The first-order chi connectivity index (χ1) is 8.06. The topological polar surface area (TPSA) is 54.9 Å². The fraction of sp³-hybridized carbons (Fsp3) is 0.545. The highest BCUT2D eigenvalue weighted by molar-refractivity contribution is 6.34. The van der Waals surface area contributed by atoms with E-state index in [1.54, 1.807) is 0 Å². The summed E-state index contributed by atoms with van der Waals surface area (Å²) in [5.74, 6) is 0.514. The van der Waals surface area contributed by atoms with Crippen LogP contribution >= 0.6 is 23.2 Å². The van der Waals surface area contributed by atoms with E-state index in [1.165, 1.54) is 18.9 Å². The van der Waals surface area contributed by atoms with Crippen molar-refractivity contribution in [2.45, 2.75) is 32.2 Å². The van der Waals surface area contributed by atoms with Gasteiger partial charge < -0.3 is 5.32 Å². The molecule has 0 spiro atoms. The normalized spacial score (nSPS) is 16.6. The molecule has 0 bridgehead atoms. The Morgan fingerprint density at radius 2 is 2.24 bits per heavy atom. The van der Waals surface area contributed by atoms with Crippen molar-refractivity contribution in [2.75, 3.05) is 0 Å². The molecule has 1 aromatic rings. The van der Waals surface area contributed by atoms with Gasteiger partial charge in [0.2, 0.25) is 0 Å². The predicted molar refractivity (Wildman–Crippen MR) is 66.3 cm³/mol. The van der Waals surface area contributed by atoms with Crippen molar-refractivity contribution in [1.82, 2.24) is 15.5 Å². The zero-order valence-electron chi connectivity index (χ0n) is 9.41. The van der Waals surface area contributed by atoms with Crippen LogP contribution in [0.3, 0.4) is 0 Å². The molecular formula is C11H13Cl2N3O. The molecule has 1 atom stereocenters. The standard InChI is InChI=1S/C11H13Cl2N3O/c1-6(4-7-2-3-7)14-11(17)8-5-9(12)15-16-10(8)13/h5-7H,2-4H2,1H3,(H,14,17). The second-order valence-electron chi connectivity index (χ2n) is 4.43. The van der Waals surface area contributed by atoms with E-state index in [0.29, 0.717) is 0 Å². The van der Waals surface area contributed by atoms with Gasteiger partial charge in [-0.05, 0) is 25.3 Å². The zero-order valence-corrected chi connectivity index (χ0v) is 10.9. The molecule has 17 heavy (non-hydrogen) atoms. The van der Waals surface area contributed by atoms with Crippen LogP contribution < -0.4 is 5.32 Å². The molecule has 1 aromatic heterocycles. The summed E-state index contributed by atoms with van der Waals surface area (Å²) in [5.41, 5.74) is 0.273. The maximum absolute atomic E-state index is 11.9. The van der Waals surface area contributed by atoms with Gasteiger partial charge >= 0.3 is 0 Å². The Bertz CT molecular complexity index is 435. The van der Waals surface area contributed by atoms with Crippen LogP contribution in [-0.4, -0.2) is 22.1 Å². The number of hydrogen-bond donors (Lipinski definition) is 1. The molecule has 1 saturated carbocycles. The second kappa shape index (κ2) is 5.19. The van der Waals surface area contributed by atoms with Gasteiger partial charge in [-0.2, -0.15) is 0 Å². The van der Waals surface area contributed by atoms with E-state index in [0.717, 1.165) is 12.3 Å². The van der Waals surface area contributed by atoms with E-state index in [4.69, 9.17) is 23.2 Å². The van der Waals surface area contributed by atoms with Crippen molar-refractivity contribution in [3.05, 3.63) is 21.9 Å². The number of aromatic nitrogens is 2. The van der Waals surface area contributed by atoms with Crippen molar-refractivity contribution in [3.8, 4) is 0 Å². The molecule has 1 aliphatic carbocycles. The van der Waals surface area contributed by atoms with Gasteiger partial charge in [0.15, 0.2) is 10.3 Å². The van der Waals surface area contributed by atoms with E-state index in [9.17, 15) is 4.79 Å². The molecule has 0 aromatic carbocycles. The predicted octanol–water partition coefficient (Wildman–Crippen LogP) is 2.70. The number of nitrogens with one attached hydrogen (secondary N) is 1. The molecule has 6 heteroatoms. The minimum atomic E-state index is -0.250. The van der Waals surface area contributed by atoms with Gasteiger partial charge in [-0.25, -0.2) is 0 Å². The van der Waals surface area contributed by atoms with Crippen molar-refractivity contribution >= 4 is 29.1 Å². The molecule has 4 nitrogen and oxygen atoms in total. The highest BCUT2D eigenvalue weighted by Crippen LogP contribution is 2.33. The molecule has 1 aliphatic rings. The minimum Gasteiger partial charge on any atom is -0.349 e. The molecule has 2 rings (SSSR count). The van der Waals surface area contributed by atoms with Crippen molar-refractivity contribution < 1.29 is 4.79 Å². The van der Waals surface area contributed by atoms with Gasteiger partial charge in [0.1, 0.15) is 0 Å². The molecule has 1 heterocycles. The lowest BCUT2D eigenvalue weighted by molar-refractivity contribution is 0.0937. The van der Waals surface area contributed by atoms with Gasteiger partial charge in [-0.1, -0.05) is 36.0 Å². The summed E-state index contributed by atoms with van der Waals surface area (Å²) < 4.78 is 0. The van der Waals surface area contributed by atoms with E-state index in [-0.39, 0.29) is 27.8 Å². The molecule has 1 N–H and O–H groups in total. The van der Waals surface area contributed by atoms with Crippen LogP contribution in [0.5, 0.6) is 0 Å². The molecule has 0 radical (unpaired) electrons. The van der Waals surface area contributed by atoms with E-state index < -0.39 is 0 Å². The van der Waals surface area contributed by atoms with Gasteiger partial charge in [0.25, 0.3) is 5.91 Å². The Balaban J connectivity index is 2.00. The van der Waals surface area contributed by atoms with E-state index in [2.05, 4.69) is 15.5 Å². The summed E-state index contributed by atoms with van der Waals surface area (Å²) in [5, 5.41) is 10.3. The van der Waals surface area contributed by atoms with Gasteiger partial charge in [-0.15, -0.1) is 10.2 Å². The minimum absolute atomic E-state index is 0.0746. The Kier molecular flexibility index (Phi) is 3.84. The van der Waals surface area contributed by atoms with Crippen molar-refractivity contribution in [2.24, 2.45) is 5.92 Å². The first-order valence-electron chi connectivity index (χ1n) is 5.56. The summed E-state index contributed by atoms with van der Waals surface area (Å²) in [6.45, 7) is 1.99. The summed E-state index contributed by atoms with van der Waals surface area (Å²) in [6, 6.07) is 1.56. The maximum atomic E-state index is 11.9. The molecule has 1 fully saturated rings. The van der Waals surface area contributed by atoms with Crippen LogP contribution in [0.1, 0.15) is 36.5 Å². The highest BCUT2D eigenvalue weighted by atomic mass is 35.5. The Hall–Kier alpha value is -0.870. The fourth-order valence-corrected chi connectivity index (χ4v) is 2.05. The number of amides is 1. The van der Waals surface area contributed by atoms with Crippen molar-refractivity contribution in [3.63, 3.8) is 0 Å². The summed E-state index contributed by atoms with van der Waals surface area (Å²) in [7, 11) is 0. The Morgan fingerprint density at radius 1 is 1.53 bits per heavy atom. The third kappa shape index (κ3) is 3.54. The monoisotopic (exact) mass is 273 g/mol. The zero-order chi connectivity index (χ0) is 12.4. The lowest BCUT2D eigenvalue weighted by atomic mass is 10.1. The average molecular weight is 274 g/mol. The maximum Gasteiger partial charge on any atom is 0.254 e. The third-order valence-corrected chi connectivity index (χ3v) is 3.19.